The minimum atomic E-state index is -1.10. The summed E-state index contributed by atoms with van der Waals surface area (Å²) in [6, 6.07) is 21.8. The van der Waals surface area contributed by atoms with Crippen LogP contribution >= 0.6 is 0 Å². The maximum Gasteiger partial charge on any atom is 0.408 e. The van der Waals surface area contributed by atoms with E-state index in [9.17, 15) is 14.4 Å². The van der Waals surface area contributed by atoms with E-state index in [1.165, 1.54) is 24.3 Å². The lowest BCUT2D eigenvalue weighted by Gasteiger charge is -2.29. The minimum Gasteiger partial charge on any atom is -0.444 e. The van der Waals surface area contributed by atoms with E-state index in [0.29, 0.717) is 5.70 Å². The molecule has 1 aliphatic heterocycles. The summed E-state index contributed by atoms with van der Waals surface area (Å²) < 4.78 is 20.5. The first-order valence-corrected chi connectivity index (χ1v) is 12.5. The topological polar surface area (TPSA) is 109 Å². The van der Waals surface area contributed by atoms with Gasteiger partial charge in [0.1, 0.15) is 17.5 Å². The Morgan fingerprint density at radius 3 is 2.08 bits per heavy atom. The van der Waals surface area contributed by atoms with Gasteiger partial charge >= 0.3 is 6.09 Å². The van der Waals surface area contributed by atoms with E-state index >= 15 is 4.39 Å². The SMILES string of the molecule is CC(C)(C)OC(=O)N[C@H](C(=O)Nc1ccc(C2=CC(=O)NCN2)c(F)c1)C(c1ccccc1)c1ccccc1. The molecule has 4 rings (SSSR count). The Hall–Kier alpha value is -4.66. The van der Waals surface area contributed by atoms with E-state index in [4.69, 9.17) is 4.74 Å². The lowest BCUT2D eigenvalue weighted by Crippen LogP contribution is -2.49. The molecule has 4 N–H and O–H groups in total. The summed E-state index contributed by atoms with van der Waals surface area (Å²) in [5.74, 6) is -2.08. The number of rotatable bonds is 7. The average molecular weight is 531 g/mol. The van der Waals surface area contributed by atoms with Crippen LogP contribution in [0.2, 0.25) is 0 Å². The van der Waals surface area contributed by atoms with Crippen molar-refractivity contribution in [2.45, 2.75) is 38.3 Å². The van der Waals surface area contributed by atoms with Crippen molar-refractivity contribution in [1.82, 2.24) is 16.0 Å². The van der Waals surface area contributed by atoms with Crippen molar-refractivity contribution in [1.29, 1.82) is 0 Å². The maximum atomic E-state index is 15.0. The van der Waals surface area contributed by atoms with Gasteiger partial charge in [-0.05, 0) is 50.1 Å². The van der Waals surface area contributed by atoms with Crippen LogP contribution in [-0.2, 0) is 14.3 Å². The molecule has 0 saturated heterocycles. The van der Waals surface area contributed by atoms with Crippen LogP contribution in [0.15, 0.2) is 84.9 Å². The fourth-order valence-electron chi connectivity index (χ4n) is 4.30. The van der Waals surface area contributed by atoms with E-state index in [1.807, 2.05) is 60.7 Å². The molecule has 9 heteroatoms. The fraction of sp³-hybridized carbons (Fsp3) is 0.233. The summed E-state index contributed by atoms with van der Waals surface area (Å²) in [5.41, 5.74) is 1.55. The zero-order valence-corrected chi connectivity index (χ0v) is 22.0. The van der Waals surface area contributed by atoms with Crippen LogP contribution in [0.4, 0.5) is 14.9 Å². The first-order valence-electron chi connectivity index (χ1n) is 12.5. The zero-order valence-electron chi connectivity index (χ0n) is 22.0. The molecule has 0 aromatic heterocycles. The van der Waals surface area contributed by atoms with E-state index in [-0.39, 0.29) is 23.8 Å². The number of amides is 3. The number of hydrogen-bond donors (Lipinski definition) is 4. The number of anilines is 1. The van der Waals surface area contributed by atoms with E-state index < -0.39 is 35.4 Å². The average Bonchev–Trinajstić information content (AvgIpc) is 2.88. The Morgan fingerprint density at radius 1 is 0.923 bits per heavy atom. The van der Waals surface area contributed by atoms with Gasteiger partial charge in [-0.25, -0.2) is 9.18 Å². The van der Waals surface area contributed by atoms with Crippen molar-refractivity contribution in [3.8, 4) is 0 Å². The summed E-state index contributed by atoms with van der Waals surface area (Å²) >= 11 is 0. The number of halogens is 1. The third kappa shape index (κ3) is 7.22. The van der Waals surface area contributed by atoms with Gasteiger partial charge in [0.05, 0.1) is 12.4 Å². The monoisotopic (exact) mass is 530 g/mol. The van der Waals surface area contributed by atoms with Gasteiger partial charge in [0.15, 0.2) is 0 Å². The van der Waals surface area contributed by atoms with Crippen LogP contribution in [0.3, 0.4) is 0 Å². The molecule has 3 amide bonds. The summed E-state index contributed by atoms with van der Waals surface area (Å²) in [6.07, 6.45) is 0.514. The Balaban J connectivity index is 1.67. The molecule has 0 aliphatic carbocycles. The van der Waals surface area contributed by atoms with Crippen LogP contribution < -0.4 is 21.3 Å². The second kappa shape index (κ2) is 11.8. The molecule has 39 heavy (non-hydrogen) atoms. The molecule has 202 valence electrons. The highest BCUT2D eigenvalue weighted by molar-refractivity contribution is 5.99. The lowest BCUT2D eigenvalue weighted by atomic mass is 9.84. The second-order valence-electron chi connectivity index (χ2n) is 10.1. The molecule has 0 spiro atoms. The van der Waals surface area contributed by atoms with Gasteiger partial charge in [0.25, 0.3) is 0 Å². The van der Waals surface area contributed by atoms with Crippen LogP contribution in [0, 0.1) is 5.82 Å². The predicted octanol–water partition coefficient (Wildman–Crippen LogP) is 4.51. The van der Waals surface area contributed by atoms with E-state index in [2.05, 4.69) is 21.3 Å². The molecule has 8 nitrogen and oxygen atoms in total. The van der Waals surface area contributed by atoms with Gasteiger partial charge in [-0.2, -0.15) is 0 Å². The summed E-state index contributed by atoms with van der Waals surface area (Å²) in [4.78, 5) is 38.3. The molecule has 1 atom stereocenters. The third-order valence-electron chi connectivity index (χ3n) is 5.95. The van der Waals surface area contributed by atoms with Crippen molar-refractivity contribution in [2.75, 3.05) is 12.0 Å². The lowest BCUT2D eigenvalue weighted by molar-refractivity contribution is -0.118. The number of ether oxygens (including phenoxy) is 1. The number of benzene rings is 3. The Labute approximate surface area is 226 Å². The second-order valence-corrected chi connectivity index (χ2v) is 10.1. The number of carbonyl (C=O) groups excluding carboxylic acids is 3. The number of hydrogen-bond acceptors (Lipinski definition) is 5. The molecular formula is C30H31FN4O4. The van der Waals surface area contributed by atoms with Crippen molar-refractivity contribution >= 4 is 29.3 Å². The quantitative estimate of drug-likeness (QED) is 0.360. The first-order chi connectivity index (χ1) is 18.6. The van der Waals surface area contributed by atoms with E-state index in [0.717, 1.165) is 11.1 Å². The maximum absolute atomic E-state index is 15.0. The molecular weight excluding hydrogens is 499 g/mol. The van der Waals surface area contributed by atoms with Crippen molar-refractivity contribution < 1.29 is 23.5 Å². The van der Waals surface area contributed by atoms with Crippen LogP contribution in [0.1, 0.15) is 43.4 Å². The van der Waals surface area contributed by atoms with Gasteiger partial charge in [0.2, 0.25) is 11.8 Å². The number of alkyl carbamates (subject to hydrolysis) is 1. The number of nitrogens with one attached hydrogen (secondary N) is 4. The Kier molecular flexibility index (Phi) is 8.29. The zero-order chi connectivity index (χ0) is 28.0. The van der Waals surface area contributed by atoms with Gasteiger partial charge in [-0.3, -0.25) is 9.59 Å². The van der Waals surface area contributed by atoms with E-state index in [1.54, 1.807) is 20.8 Å². The smallest absolute Gasteiger partial charge is 0.408 e. The summed E-state index contributed by atoms with van der Waals surface area (Å²) in [7, 11) is 0. The minimum absolute atomic E-state index is 0.182. The standard InChI is InChI=1S/C30H31FN4O4/c1-30(2,3)39-29(38)35-27(26(19-10-6-4-7-11-19)20-12-8-5-9-13-20)28(37)34-21-14-15-22(23(31)16-21)24-17-25(36)33-18-32-24/h4-17,26-27,32H,18H2,1-3H3,(H,33,36)(H,34,37)(H,35,38)/t27-/m0/s1. The summed E-state index contributed by atoms with van der Waals surface area (Å²) in [6.45, 7) is 5.38. The van der Waals surface area contributed by atoms with Gasteiger partial charge in [-0.1, -0.05) is 60.7 Å². The molecule has 3 aromatic rings. The molecule has 1 aliphatic rings. The van der Waals surface area contributed by atoms with Crippen molar-refractivity contribution in [3.63, 3.8) is 0 Å². The van der Waals surface area contributed by atoms with Crippen molar-refractivity contribution in [3.05, 3.63) is 107 Å². The third-order valence-corrected chi connectivity index (χ3v) is 5.95. The highest BCUT2D eigenvalue weighted by Gasteiger charge is 2.34. The van der Waals surface area contributed by atoms with Crippen molar-refractivity contribution in [2.24, 2.45) is 0 Å². The Bertz CT molecular complexity index is 1330. The first kappa shape index (κ1) is 27.4. The number of carbonyl (C=O) groups is 3. The summed E-state index contributed by atoms with van der Waals surface area (Å²) in [5, 5.41) is 11.0. The molecule has 0 unspecified atom stereocenters. The molecule has 0 bridgehead atoms. The molecule has 0 fully saturated rings. The molecule has 3 aromatic carbocycles. The van der Waals surface area contributed by atoms with Gasteiger partial charge in [0, 0.05) is 23.2 Å². The largest absolute Gasteiger partial charge is 0.444 e. The molecule has 0 radical (unpaired) electrons. The van der Waals surface area contributed by atoms with Gasteiger partial charge < -0.3 is 26.0 Å². The predicted molar refractivity (Wildman–Crippen MR) is 147 cm³/mol. The van der Waals surface area contributed by atoms with Gasteiger partial charge in [-0.15, -0.1) is 0 Å². The van der Waals surface area contributed by atoms with Crippen LogP contribution in [0.25, 0.3) is 5.70 Å². The highest BCUT2D eigenvalue weighted by atomic mass is 19.1. The van der Waals surface area contributed by atoms with Crippen LogP contribution in [-0.4, -0.2) is 36.2 Å². The normalized spacial score (nSPS) is 14.0. The Morgan fingerprint density at radius 2 is 1.54 bits per heavy atom. The molecule has 1 heterocycles. The fourth-order valence-corrected chi connectivity index (χ4v) is 4.30. The molecule has 0 saturated carbocycles. The highest BCUT2D eigenvalue weighted by Crippen LogP contribution is 2.30. The van der Waals surface area contributed by atoms with Crippen LogP contribution in [0.5, 0.6) is 0 Å².